The summed E-state index contributed by atoms with van der Waals surface area (Å²) in [5.74, 6) is 0. The zero-order chi connectivity index (χ0) is 14.9. The SMILES string of the molecule is CN(C)CC1CCCN1S(=O)(=O)c1cc(CN)n(C)c1. The van der Waals surface area contributed by atoms with Crippen molar-refractivity contribution in [2.75, 3.05) is 27.2 Å². The lowest BCUT2D eigenvalue weighted by Gasteiger charge is -2.26. The average Bonchev–Trinajstić information content (AvgIpc) is 2.95. The molecule has 1 aromatic rings. The van der Waals surface area contributed by atoms with Crippen molar-refractivity contribution in [1.82, 2.24) is 13.8 Å². The molecule has 2 N–H and O–H groups in total. The van der Waals surface area contributed by atoms with Gasteiger partial charge in [-0.05, 0) is 33.0 Å². The molecule has 0 bridgehead atoms. The summed E-state index contributed by atoms with van der Waals surface area (Å²) >= 11 is 0. The van der Waals surface area contributed by atoms with E-state index in [0.717, 1.165) is 25.1 Å². The first-order valence-corrected chi connectivity index (χ1v) is 8.32. The molecule has 1 atom stereocenters. The van der Waals surface area contributed by atoms with Crippen molar-refractivity contribution in [2.45, 2.75) is 30.3 Å². The highest BCUT2D eigenvalue weighted by atomic mass is 32.2. The van der Waals surface area contributed by atoms with Crippen LogP contribution in [0.2, 0.25) is 0 Å². The number of likely N-dealkylation sites (N-methyl/N-ethyl adjacent to an activating group) is 1. The molecule has 0 amide bonds. The minimum Gasteiger partial charge on any atom is -0.352 e. The molecule has 1 saturated heterocycles. The molecule has 114 valence electrons. The van der Waals surface area contributed by atoms with Crippen LogP contribution in [0.1, 0.15) is 18.5 Å². The number of aryl methyl sites for hydroxylation is 1. The fourth-order valence-electron chi connectivity index (χ4n) is 2.79. The van der Waals surface area contributed by atoms with Crippen LogP contribution in [0.5, 0.6) is 0 Å². The number of nitrogens with zero attached hydrogens (tertiary/aromatic N) is 3. The second kappa shape index (κ2) is 5.85. The van der Waals surface area contributed by atoms with Gasteiger partial charge in [0.05, 0.1) is 0 Å². The first-order chi connectivity index (χ1) is 9.36. The van der Waals surface area contributed by atoms with E-state index in [-0.39, 0.29) is 6.04 Å². The van der Waals surface area contributed by atoms with Gasteiger partial charge in [-0.1, -0.05) is 0 Å². The largest absolute Gasteiger partial charge is 0.352 e. The smallest absolute Gasteiger partial charge is 0.244 e. The lowest BCUT2D eigenvalue weighted by atomic mass is 10.2. The van der Waals surface area contributed by atoms with Gasteiger partial charge in [0.15, 0.2) is 0 Å². The molecule has 1 fully saturated rings. The quantitative estimate of drug-likeness (QED) is 0.843. The standard InChI is InChI=1S/C13H24N4O2S/c1-15(2)9-11-5-4-6-17(11)20(18,19)13-7-12(8-14)16(3)10-13/h7,10-11H,4-6,8-9,14H2,1-3H3. The van der Waals surface area contributed by atoms with E-state index in [1.807, 2.05) is 26.0 Å². The van der Waals surface area contributed by atoms with Gasteiger partial charge in [-0.3, -0.25) is 0 Å². The molecule has 2 heterocycles. The lowest BCUT2D eigenvalue weighted by Crippen LogP contribution is -2.41. The van der Waals surface area contributed by atoms with Crippen LogP contribution in [0, 0.1) is 0 Å². The Bertz CT molecular complexity index is 565. The van der Waals surface area contributed by atoms with Crippen LogP contribution in [-0.4, -0.2) is 55.4 Å². The van der Waals surface area contributed by atoms with E-state index < -0.39 is 10.0 Å². The van der Waals surface area contributed by atoms with Crippen molar-refractivity contribution in [3.63, 3.8) is 0 Å². The van der Waals surface area contributed by atoms with Crippen molar-refractivity contribution in [3.8, 4) is 0 Å². The van der Waals surface area contributed by atoms with E-state index in [2.05, 4.69) is 0 Å². The van der Waals surface area contributed by atoms with E-state index in [9.17, 15) is 8.42 Å². The van der Waals surface area contributed by atoms with Crippen LogP contribution in [0.4, 0.5) is 0 Å². The van der Waals surface area contributed by atoms with Gasteiger partial charge >= 0.3 is 0 Å². The molecule has 1 aliphatic rings. The molecule has 0 aromatic carbocycles. The summed E-state index contributed by atoms with van der Waals surface area (Å²) in [6.07, 6.45) is 3.50. The summed E-state index contributed by atoms with van der Waals surface area (Å²) in [6, 6.07) is 1.75. The molecule has 0 spiro atoms. The Morgan fingerprint density at radius 2 is 2.15 bits per heavy atom. The van der Waals surface area contributed by atoms with Crippen LogP contribution in [0.15, 0.2) is 17.2 Å². The van der Waals surface area contributed by atoms with E-state index in [1.54, 1.807) is 21.1 Å². The number of rotatable bonds is 5. The maximum absolute atomic E-state index is 12.8. The Morgan fingerprint density at radius 1 is 1.45 bits per heavy atom. The topological polar surface area (TPSA) is 71.6 Å². The molecule has 2 rings (SSSR count). The second-order valence-corrected chi connectivity index (χ2v) is 7.55. The van der Waals surface area contributed by atoms with Crippen molar-refractivity contribution >= 4 is 10.0 Å². The van der Waals surface area contributed by atoms with E-state index >= 15 is 0 Å². The van der Waals surface area contributed by atoms with Gasteiger partial charge in [-0.2, -0.15) is 4.31 Å². The van der Waals surface area contributed by atoms with Crippen molar-refractivity contribution in [3.05, 3.63) is 18.0 Å². The maximum atomic E-state index is 12.8. The molecule has 7 heteroatoms. The van der Waals surface area contributed by atoms with Gasteiger partial charge in [0.25, 0.3) is 0 Å². The molecule has 1 unspecified atom stereocenters. The van der Waals surface area contributed by atoms with Gasteiger partial charge in [-0.25, -0.2) is 8.42 Å². The fraction of sp³-hybridized carbons (Fsp3) is 0.692. The minimum atomic E-state index is -3.41. The highest BCUT2D eigenvalue weighted by Crippen LogP contribution is 2.27. The Balaban J connectivity index is 2.28. The normalized spacial score (nSPS) is 20.9. The third-order valence-corrected chi connectivity index (χ3v) is 5.71. The number of nitrogens with two attached hydrogens (primary N) is 1. The Kier molecular flexibility index (Phi) is 4.53. The van der Waals surface area contributed by atoms with Gasteiger partial charge in [0.2, 0.25) is 10.0 Å². The predicted octanol–water partition coefficient (Wildman–Crippen LogP) is 0.199. The second-order valence-electron chi connectivity index (χ2n) is 5.66. The highest BCUT2D eigenvalue weighted by Gasteiger charge is 2.36. The van der Waals surface area contributed by atoms with Crippen LogP contribution >= 0.6 is 0 Å². The molecule has 20 heavy (non-hydrogen) atoms. The average molecular weight is 300 g/mol. The van der Waals surface area contributed by atoms with Crippen LogP contribution in [-0.2, 0) is 23.6 Å². The van der Waals surface area contributed by atoms with Gasteiger partial charge in [0.1, 0.15) is 4.90 Å². The minimum absolute atomic E-state index is 0.0662. The van der Waals surface area contributed by atoms with Crippen molar-refractivity contribution in [2.24, 2.45) is 12.8 Å². The summed E-state index contributed by atoms with van der Waals surface area (Å²) in [5, 5.41) is 0. The van der Waals surface area contributed by atoms with Crippen molar-refractivity contribution in [1.29, 1.82) is 0 Å². The molecule has 0 aliphatic carbocycles. The van der Waals surface area contributed by atoms with Crippen molar-refractivity contribution < 1.29 is 8.42 Å². The summed E-state index contributed by atoms with van der Waals surface area (Å²) in [7, 11) is 2.35. The lowest BCUT2D eigenvalue weighted by molar-refractivity contribution is 0.291. The molecule has 0 saturated carbocycles. The predicted molar refractivity (Wildman–Crippen MR) is 78.8 cm³/mol. The highest BCUT2D eigenvalue weighted by molar-refractivity contribution is 7.89. The summed E-state index contributed by atoms with van der Waals surface area (Å²) in [4.78, 5) is 2.39. The first-order valence-electron chi connectivity index (χ1n) is 6.88. The number of sulfonamides is 1. The van der Waals surface area contributed by atoms with E-state index in [1.165, 1.54) is 0 Å². The number of hydrogen-bond donors (Lipinski definition) is 1. The Labute approximate surface area is 121 Å². The molecule has 0 radical (unpaired) electrons. The Morgan fingerprint density at radius 3 is 2.70 bits per heavy atom. The van der Waals surface area contributed by atoms with Crippen LogP contribution < -0.4 is 5.73 Å². The first kappa shape index (κ1) is 15.5. The van der Waals surface area contributed by atoms with E-state index in [4.69, 9.17) is 5.73 Å². The fourth-order valence-corrected chi connectivity index (χ4v) is 4.57. The monoisotopic (exact) mass is 300 g/mol. The van der Waals surface area contributed by atoms with Crippen LogP contribution in [0.25, 0.3) is 0 Å². The zero-order valence-electron chi connectivity index (χ0n) is 12.4. The molecule has 1 aromatic heterocycles. The van der Waals surface area contributed by atoms with Gasteiger partial charge in [-0.15, -0.1) is 0 Å². The third kappa shape index (κ3) is 2.90. The summed E-state index contributed by atoms with van der Waals surface area (Å²) < 4.78 is 28.9. The summed E-state index contributed by atoms with van der Waals surface area (Å²) in [6.45, 7) is 1.71. The molecular formula is C13H24N4O2S. The molecular weight excluding hydrogens is 276 g/mol. The number of hydrogen-bond acceptors (Lipinski definition) is 4. The Hall–Kier alpha value is -0.890. The number of aromatic nitrogens is 1. The zero-order valence-corrected chi connectivity index (χ0v) is 13.2. The molecule has 6 nitrogen and oxygen atoms in total. The summed E-state index contributed by atoms with van der Waals surface area (Å²) in [5.41, 5.74) is 6.44. The maximum Gasteiger partial charge on any atom is 0.244 e. The molecule has 1 aliphatic heterocycles. The van der Waals surface area contributed by atoms with E-state index in [0.29, 0.717) is 18.0 Å². The third-order valence-electron chi connectivity index (χ3n) is 3.80. The van der Waals surface area contributed by atoms with Crippen LogP contribution in [0.3, 0.4) is 0 Å². The van der Waals surface area contributed by atoms with Gasteiger partial charge < -0.3 is 15.2 Å². The van der Waals surface area contributed by atoms with Gasteiger partial charge in [0, 0.05) is 44.6 Å².